The molecule has 2 aromatic rings. The fraction of sp³-hybridized carbons (Fsp3) is 0.176. The van der Waals surface area contributed by atoms with Crippen molar-refractivity contribution in [3.05, 3.63) is 52.5 Å². The molecule has 1 aromatic carbocycles. The first kappa shape index (κ1) is 17.1. The van der Waals surface area contributed by atoms with Crippen LogP contribution in [0.25, 0.3) is 6.08 Å². The van der Waals surface area contributed by atoms with Crippen LogP contribution in [0.3, 0.4) is 0 Å². The van der Waals surface area contributed by atoms with Gasteiger partial charge in [-0.3, -0.25) is 9.59 Å². The third-order valence-corrected chi connectivity index (χ3v) is 3.19. The van der Waals surface area contributed by atoms with Crippen LogP contribution in [0.1, 0.15) is 5.56 Å². The zero-order valence-electron chi connectivity index (χ0n) is 13.6. The molecule has 7 nitrogen and oxygen atoms in total. The van der Waals surface area contributed by atoms with E-state index in [-0.39, 0.29) is 11.2 Å². The van der Waals surface area contributed by atoms with Crippen molar-refractivity contribution in [2.45, 2.75) is 0 Å². The van der Waals surface area contributed by atoms with Crippen LogP contribution in [0.2, 0.25) is 0 Å². The van der Waals surface area contributed by atoms with E-state index in [0.29, 0.717) is 22.8 Å². The van der Waals surface area contributed by atoms with E-state index in [1.807, 2.05) is 0 Å². The maximum Gasteiger partial charge on any atom is 0.271 e. The lowest BCUT2D eigenvalue weighted by atomic mass is 10.1. The van der Waals surface area contributed by atoms with E-state index in [0.717, 1.165) is 0 Å². The monoisotopic (exact) mass is 330 g/mol. The lowest BCUT2D eigenvalue weighted by molar-refractivity contribution is -0.111. The minimum Gasteiger partial charge on any atom is -0.493 e. The fourth-order valence-electron chi connectivity index (χ4n) is 2.06. The maximum atomic E-state index is 11.9. The first-order valence-electron chi connectivity index (χ1n) is 7.05. The lowest BCUT2D eigenvalue weighted by Crippen LogP contribution is -2.17. The number of rotatable bonds is 6. The van der Waals surface area contributed by atoms with Crippen LogP contribution >= 0.6 is 0 Å². The third kappa shape index (κ3) is 3.95. The summed E-state index contributed by atoms with van der Waals surface area (Å²) in [5, 5.41) is 2.50. The van der Waals surface area contributed by atoms with Crippen LogP contribution in [0.5, 0.6) is 17.2 Å². The number of carbonyl (C=O) groups is 1. The molecular formula is C17H18N2O5. The number of benzene rings is 1. The third-order valence-electron chi connectivity index (χ3n) is 3.19. The first-order valence-corrected chi connectivity index (χ1v) is 7.05. The quantitative estimate of drug-likeness (QED) is 0.791. The Balaban J connectivity index is 2.21. The van der Waals surface area contributed by atoms with Crippen molar-refractivity contribution in [1.82, 2.24) is 4.98 Å². The summed E-state index contributed by atoms with van der Waals surface area (Å²) >= 11 is 0. The standard InChI is InChI=1S/C17H18N2O5/c1-22-13-9-11(10-14(23-2)16(13)24-3)6-7-15(20)19-12-5-4-8-18-17(12)21/h4-10H,1-3H3,(H,18,21)(H,19,20)/b7-6-. The normalized spacial score (nSPS) is 10.5. The van der Waals surface area contributed by atoms with Crippen molar-refractivity contribution in [3.63, 3.8) is 0 Å². The van der Waals surface area contributed by atoms with E-state index in [9.17, 15) is 9.59 Å². The molecule has 0 atom stereocenters. The second kappa shape index (κ2) is 7.87. The second-order valence-electron chi connectivity index (χ2n) is 4.69. The van der Waals surface area contributed by atoms with Gasteiger partial charge in [0.15, 0.2) is 11.5 Å². The average molecular weight is 330 g/mol. The number of aromatic amines is 1. The number of ether oxygens (including phenoxy) is 3. The Morgan fingerprint density at radius 1 is 1.12 bits per heavy atom. The Morgan fingerprint density at radius 3 is 2.33 bits per heavy atom. The zero-order valence-corrected chi connectivity index (χ0v) is 13.6. The summed E-state index contributed by atoms with van der Waals surface area (Å²) in [6.07, 6.45) is 4.38. The molecule has 1 aromatic heterocycles. The van der Waals surface area contributed by atoms with Gasteiger partial charge in [0.05, 0.1) is 21.3 Å². The fourth-order valence-corrected chi connectivity index (χ4v) is 2.06. The molecule has 0 unspecified atom stereocenters. The highest BCUT2D eigenvalue weighted by Gasteiger charge is 2.12. The van der Waals surface area contributed by atoms with Crippen LogP contribution in [0.4, 0.5) is 5.69 Å². The number of methoxy groups -OCH3 is 3. The summed E-state index contributed by atoms with van der Waals surface area (Å²) in [5.41, 5.74) is 0.491. The molecule has 0 aliphatic heterocycles. The van der Waals surface area contributed by atoms with Gasteiger partial charge in [-0.15, -0.1) is 0 Å². The number of carbonyl (C=O) groups excluding carboxylic acids is 1. The molecule has 0 spiro atoms. The molecular weight excluding hydrogens is 312 g/mol. The van der Waals surface area contributed by atoms with Crippen molar-refractivity contribution < 1.29 is 19.0 Å². The van der Waals surface area contributed by atoms with Crippen LogP contribution in [-0.2, 0) is 4.79 Å². The lowest BCUT2D eigenvalue weighted by Gasteiger charge is -2.12. The highest BCUT2D eigenvalue weighted by molar-refractivity contribution is 6.01. The van der Waals surface area contributed by atoms with Crippen LogP contribution < -0.4 is 25.1 Å². The Kier molecular flexibility index (Phi) is 5.62. The highest BCUT2D eigenvalue weighted by atomic mass is 16.5. The number of amides is 1. The molecule has 2 rings (SSSR count). The summed E-state index contributed by atoms with van der Waals surface area (Å²) in [6.45, 7) is 0. The van der Waals surface area contributed by atoms with Gasteiger partial charge in [0.2, 0.25) is 11.7 Å². The van der Waals surface area contributed by atoms with Crippen molar-refractivity contribution in [3.8, 4) is 17.2 Å². The van der Waals surface area contributed by atoms with E-state index in [4.69, 9.17) is 14.2 Å². The number of anilines is 1. The Labute approximate surface area is 138 Å². The van der Waals surface area contributed by atoms with Gasteiger partial charge in [-0.05, 0) is 35.9 Å². The van der Waals surface area contributed by atoms with Crippen LogP contribution in [0, 0.1) is 0 Å². The molecule has 0 radical (unpaired) electrons. The van der Waals surface area contributed by atoms with Gasteiger partial charge >= 0.3 is 0 Å². The van der Waals surface area contributed by atoms with Gasteiger partial charge in [-0.1, -0.05) is 0 Å². The molecule has 24 heavy (non-hydrogen) atoms. The predicted molar refractivity (Wildman–Crippen MR) is 90.8 cm³/mol. The van der Waals surface area contributed by atoms with Gasteiger partial charge in [-0.25, -0.2) is 0 Å². The molecule has 2 N–H and O–H groups in total. The van der Waals surface area contributed by atoms with E-state index < -0.39 is 5.91 Å². The number of hydrogen-bond donors (Lipinski definition) is 2. The number of aromatic nitrogens is 1. The molecule has 0 aliphatic rings. The predicted octanol–water partition coefficient (Wildman–Crippen LogP) is 2.05. The molecule has 0 saturated heterocycles. The molecule has 0 bridgehead atoms. The highest BCUT2D eigenvalue weighted by Crippen LogP contribution is 2.38. The van der Waals surface area contributed by atoms with E-state index >= 15 is 0 Å². The maximum absolute atomic E-state index is 11.9. The van der Waals surface area contributed by atoms with Crippen molar-refractivity contribution >= 4 is 17.7 Å². The minimum atomic E-state index is -0.430. The Bertz CT molecular complexity index is 786. The van der Waals surface area contributed by atoms with E-state index in [2.05, 4.69) is 10.3 Å². The smallest absolute Gasteiger partial charge is 0.271 e. The van der Waals surface area contributed by atoms with E-state index in [1.165, 1.54) is 39.7 Å². The SMILES string of the molecule is COc1cc(/C=C\C(=O)Nc2ccc[nH]c2=O)cc(OC)c1OC. The Morgan fingerprint density at radius 2 is 1.79 bits per heavy atom. The molecule has 0 saturated carbocycles. The van der Waals surface area contributed by atoms with Gasteiger partial charge < -0.3 is 24.5 Å². The summed E-state index contributed by atoms with van der Waals surface area (Å²) in [7, 11) is 4.54. The average Bonchev–Trinajstić information content (AvgIpc) is 2.60. The minimum absolute atomic E-state index is 0.178. The largest absolute Gasteiger partial charge is 0.493 e. The molecule has 7 heteroatoms. The molecule has 126 valence electrons. The van der Waals surface area contributed by atoms with Gasteiger partial charge in [0.1, 0.15) is 5.69 Å². The zero-order chi connectivity index (χ0) is 17.5. The van der Waals surface area contributed by atoms with Gasteiger partial charge in [-0.2, -0.15) is 0 Å². The molecule has 0 aliphatic carbocycles. The van der Waals surface area contributed by atoms with Crippen molar-refractivity contribution in [2.75, 3.05) is 26.6 Å². The summed E-state index contributed by atoms with van der Waals surface area (Å²) in [4.78, 5) is 25.9. The molecule has 0 fully saturated rings. The summed E-state index contributed by atoms with van der Waals surface area (Å²) in [5.74, 6) is 1.01. The summed E-state index contributed by atoms with van der Waals surface area (Å²) in [6, 6.07) is 6.56. The topological polar surface area (TPSA) is 89.7 Å². The Hall–Kier alpha value is -3.22. The second-order valence-corrected chi connectivity index (χ2v) is 4.69. The van der Waals surface area contributed by atoms with Crippen LogP contribution in [-0.4, -0.2) is 32.2 Å². The number of nitrogens with one attached hydrogen (secondary N) is 2. The molecule has 1 amide bonds. The number of hydrogen-bond acceptors (Lipinski definition) is 5. The molecule has 1 heterocycles. The van der Waals surface area contributed by atoms with Crippen molar-refractivity contribution in [2.24, 2.45) is 0 Å². The van der Waals surface area contributed by atoms with E-state index in [1.54, 1.807) is 24.3 Å². The summed E-state index contributed by atoms with van der Waals surface area (Å²) < 4.78 is 15.7. The van der Waals surface area contributed by atoms with Gasteiger partial charge in [0, 0.05) is 12.3 Å². The van der Waals surface area contributed by atoms with Crippen molar-refractivity contribution in [1.29, 1.82) is 0 Å². The number of pyridine rings is 1. The van der Waals surface area contributed by atoms with Gasteiger partial charge in [0.25, 0.3) is 5.56 Å². The number of H-pyrrole nitrogens is 1. The van der Waals surface area contributed by atoms with Crippen LogP contribution in [0.15, 0.2) is 41.3 Å². The first-order chi connectivity index (χ1) is 11.6.